The van der Waals surface area contributed by atoms with Crippen LogP contribution < -0.4 is 14.2 Å². The molecule has 352 valence electrons. The van der Waals surface area contributed by atoms with E-state index in [1.807, 2.05) is 48.6 Å². The topological polar surface area (TPSA) is 168 Å². The van der Waals surface area contributed by atoms with E-state index in [2.05, 4.69) is 13.2 Å². The van der Waals surface area contributed by atoms with Crippen molar-refractivity contribution in [2.45, 2.75) is 75.8 Å². The predicted molar refractivity (Wildman–Crippen MR) is 248 cm³/mol. The van der Waals surface area contributed by atoms with Crippen molar-refractivity contribution in [2.24, 2.45) is 0 Å². The van der Waals surface area contributed by atoms with E-state index in [0.29, 0.717) is 43.3 Å². The summed E-state index contributed by atoms with van der Waals surface area (Å²) in [6, 6.07) is 27.5. The van der Waals surface area contributed by atoms with Crippen molar-refractivity contribution >= 4 is 42.0 Å². The maximum Gasteiger partial charge on any atom is 0.343 e. The number of hydrogen-bond donors (Lipinski definition) is 0. The smallest absolute Gasteiger partial charge is 0.343 e. The van der Waals surface area contributed by atoms with Gasteiger partial charge in [0.2, 0.25) is 0 Å². The Morgan fingerprint density at radius 1 is 0.463 bits per heavy atom. The first-order valence-electron chi connectivity index (χ1n) is 22.5. The van der Waals surface area contributed by atoms with E-state index in [1.54, 1.807) is 36.4 Å². The van der Waals surface area contributed by atoms with Crippen molar-refractivity contribution in [3.63, 3.8) is 0 Å². The Hall–Kier alpha value is -7.03. The van der Waals surface area contributed by atoms with Gasteiger partial charge in [0.05, 0.1) is 56.3 Å². The fourth-order valence-corrected chi connectivity index (χ4v) is 7.11. The van der Waals surface area contributed by atoms with Gasteiger partial charge < -0.3 is 42.6 Å². The summed E-state index contributed by atoms with van der Waals surface area (Å²) in [6.45, 7) is 8.80. The van der Waals surface area contributed by atoms with E-state index < -0.39 is 54.3 Å². The summed E-state index contributed by atoms with van der Waals surface area (Å²) >= 11 is 0. The molecule has 0 aliphatic carbocycles. The lowest BCUT2D eigenvalue weighted by molar-refractivity contribution is -0.138. The molecule has 2 heterocycles. The minimum Gasteiger partial charge on any atom is -0.494 e. The van der Waals surface area contributed by atoms with E-state index >= 15 is 0 Å². The Morgan fingerprint density at radius 2 is 0.821 bits per heavy atom. The quantitative estimate of drug-likeness (QED) is 0.0146. The molecule has 2 fully saturated rings. The molecular weight excluding hydrogens is 861 g/mol. The molecule has 0 aromatic heterocycles. The Morgan fingerprint density at radius 3 is 1.25 bits per heavy atom. The van der Waals surface area contributed by atoms with Crippen LogP contribution in [0.2, 0.25) is 0 Å². The molecule has 4 atom stereocenters. The molecule has 0 radical (unpaired) electrons. The normalized spacial score (nSPS) is 17.2. The Balaban J connectivity index is 0.861. The zero-order valence-corrected chi connectivity index (χ0v) is 37.4. The monoisotopic (exact) mass is 916 g/mol. The number of fused-ring (bicyclic) bond motifs is 1. The summed E-state index contributed by atoms with van der Waals surface area (Å²) in [4.78, 5) is 61.1. The summed E-state index contributed by atoms with van der Waals surface area (Å²) < 4.78 is 50.4. The van der Waals surface area contributed by atoms with Crippen LogP contribution in [0, 0.1) is 0 Å². The highest BCUT2D eigenvalue weighted by Crippen LogP contribution is 2.32. The fourth-order valence-electron chi connectivity index (χ4n) is 7.11. The second kappa shape index (κ2) is 26.2. The lowest BCUT2D eigenvalue weighted by atomic mass is 10.1. The molecule has 0 spiro atoms. The largest absolute Gasteiger partial charge is 0.494 e. The second-order valence-electron chi connectivity index (χ2n) is 15.7. The molecule has 14 heteroatoms. The average molecular weight is 917 g/mol. The van der Waals surface area contributed by atoms with Crippen molar-refractivity contribution in [3.05, 3.63) is 150 Å². The van der Waals surface area contributed by atoms with Crippen LogP contribution in [0.3, 0.4) is 0 Å². The van der Waals surface area contributed by atoms with Crippen LogP contribution >= 0.6 is 0 Å². The van der Waals surface area contributed by atoms with Gasteiger partial charge in [-0.1, -0.05) is 49.6 Å². The molecule has 67 heavy (non-hydrogen) atoms. The lowest BCUT2D eigenvalue weighted by Gasteiger charge is -2.17. The zero-order chi connectivity index (χ0) is 47.2. The van der Waals surface area contributed by atoms with Gasteiger partial charge in [-0.2, -0.15) is 0 Å². The lowest BCUT2D eigenvalue weighted by Crippen LogP contribution is -2.36. The summed E-state index contributed by atoms with van der Waals surface area (Å²) in [5, 5.41) is 0. The van der Waals surface area contributed by atoms with Crippen LogP contribution in [-0.4, -0.2) is 93.9 Å². The van der Waals surface area contributed by atoms with Crippen LogP contribution in [0.1, 0.15) is 93.6 Å². The summed E-state index contributed by atoms with van der Waals surface area (Å²) in [5.41, 5.74) is 2.84. The second-order valence-corrected chi connectivity index (χ2v) is 15.7. The van der Waals surface area contributed by atoms with Crippen molar-refractivity contribution in [1.29, 1.82) is 0 Å². The summed E-state index contributed by atoms with van der Waals surface area (Å²) in [6.07, 6.45) is 10.7. The molecule has 14 nitrogen and oxygen atoms in total. The highest BCUT2D eigenvalue weighted by molar-refractivity contribution is 5.92. The van der Waals surface area contributed by atoms with E-state index in [9.17, 15) is 24.0 Å². The molecule has 6 rings (SSSR count). The third kappa shape index (κ3) is 15.8. The molecule has 2 aliphatic rings. The summed E-state index contributed by atoms with van der Waals surface area (Å²) in [5.74, 6) is -0.848. The minimum absolute atomic E-state index is 0.0707. The average Bonchev–Trinajstić information content (AvgIpc) is 3.95. The van der Waals surface area contributed by atoms with Crippen LogP contribution in [0.25, 0.3) is 12.2 Å². The van der Waals surface area contributed by atoms with Gasteiger partial charge in [0.1, 0.15) is 29.5 Å². The molecule has 0 amide bonds. The van der Waals surface area contributed by atoms with Crippen molar-refractivity contribution < 1.29 is 66.6 Å². The molecule has 0 bridgehead atoms. The number of rotatable bonds is 26. The summed E-state index contributed by atoms with van der Waals surface area (Å²) in [7, 11) is 0. The minimum atomic E-state index is -0.717. The fraction of sp³-hybridized carbons (Fsp3) is 0.340. The SMILES string of the molecule is C=CC(=O)OCCCCCCOc1ccc(/C=C/c2ccc(C(=O)O[C@H]3CO[C@H]4[C@@H]3OC[C@H]4OC(=O)c3ccc(OC(=O)c4ccc(OCCCCCCOC(=O)C=C)cc4)cc3)cc2)cc1. The first-order chi connectivity index (χ1) is 32.7. The molecule has 0 N–H and O–H groups in total. The van der Waals surface area contributed by atoms with Gasteiger partial charge >= 0.3 is 29.8 Å². The van der Waals surface area contributed by atoms with Gasteiger partial charge in [-0.15, -0.1) is 0 Å². The van der Waals surface area contributed by atoms with Crippen molar-refractivity contribution in [1.82, 2.24) is 0 Å². The van der Waals surface area contributed by atoms with E-state index in [0.717, 1.165) is 74.3 Å². The van der Waals surface area contributed by atoms with Gasteiger partial charge in [0.15, 0.2) is 12.2 Å². The number of unbranched alkanes of at least 4 members (excludes halogenated alkanes) is 6. The van der Waals surface area contributed by atoms with Gasteiger partial charge in [0, 0.05) is 12.2 Å². The van der Waals surface area contributed by atoms with E-state index in [-0.39, 0.29) is 24.5 Å². The maximum atomic E-state index is 13.1. The third-order valence-electron chi connectivity index (χ3n) is 10.8. The van der Waals surface area contributed by atoms with Crippen LogP contribution in [0.5, 0.6) is 17.2 Å². The molecule has 0 saturated carbocycles. The van der Waals surface area contributed by atoms with Crippen LogP contribution in [0.4, 0.5) is 0 Å². The first kappa shape index (κ1) is 49.4. The van der Waals surface area contributed by atoms with Crippen molar-refractivity contribution in [2.75, 3.05) is 39.6 Å². The standard InChI is InChI=1S/C53H56O14/c1-3-47(54)61-33-11-7-5-9-31-59-42-25-17-38(18-26-42)14-13-37-15-19-39(20-16-37)52(57)66-45-35-63-50-46(36-64-49(45)50)67-53(58)41-23-29-44(30-24-41)65-51(56)40-21-27-43(28-22-40)60-32-10-6-8-12-34-62-48(55)4-2/h3-4,13-30,45-46,49-50H,1-2,5-12,31-36H2/b14-13+/t45-,46+,49+,50+/m0/s1. The maximum absolute atomic E-state index is 13.1. The van der Waals surface area contributed by atoms with Gasteiger partial charge in [-0.3, -0.25) is 0 Å². The van der Waals surface area contributed by atoms with Crippen molar-refractivity contribution in [3.8, 4) is 17.2 Å². The van der Waals surface area contributed by atoms with Crippen LogP contribution in [-0.2, 0) is 38.0 Å². The predicted octanol–water partition coefficient (Wildman–Crippen LogP) is 8.96. The van der Waals surface area contributed by atoms with Gasteiger partial charge in [-0.05, 0) is 135 Å². The molecule has 0 unspecified atom stereocenters. The highest BCUT2D eigenvalue weighted by atomic mass is 16.7. The number of benzene rings is 4. The van der Waals surface area contributed by atoms with E-state index in [1.165, 1.54) is 30.3 Å². The Kier molecular flexibility index (Phi) is 19.3. The number of carbonyl (C=O) groups is 5. The third-order valence-corrected chi connectivity index (χ3v) is 10.8. The molecule has 2 aliphatic heterocycles. The molecule has 2 saturated heterocycles. The number of esters is 5. The molecule has 4 aromatic rings. The Bertz CT molecular complexity index is 2280. The van der Waals surface area contributed by atoms with E-state index in [4.69, 9.17) is 42.6 Å². The molecule has 4 aromatic carbocycles. The highest BCUT2D eigenvalue weighted by Gasteiger charge is 2.51. The van der Waals surface area contributed by atoms with Gasteiger partial charge in [0.25, 0.3) is 0 Å². The molecular formula is C53H56O14. The Labute approximate surface area is 390 Å². The zero-order valence-electron chi connectivity index (χ0n) is 37.4. The number of ether oxygens (including phenoxy) is 9. The van der Waals surface area contributed by atoms with Gasteiger partial charge in [-0.25, -0.2) is 24.0 Å². The van der Waals surface area contributed by atoms with Crippen LogP contribution in [0.15, 0.2) is 122 Å². The first-order valence-corrected chi connectivity index (χ1v) is 22.5. The number of carbonyl (C=O) groups excluding carboxylic acids is 5. The number of hydrogen-bond acceptors (Lipinski definition) is 14.